The Labute approximate surface area is 137 Å². The molecule has 0 aliphatic carbocycles. The van der Waals surface area contributed by atoms with Crippen LogP contribution in [0, 0.1) is 0 Å². The monoisotopic (exact) mass is 354 g/mol. The van der Waals surface area contributed by atoms with E-state index >= 15 is 0 Å². The van der Waals surface area contributed by atoms with Crippen LogP contribution >= 0.6 is 15.9 Å². The first-order chi connectivity index (χ1) is 9.66. The van der Waals surface area contributed by atoms with Crippen LogP contribution in [0.25, 0.3) is 0 Å². The van der Waals surface area contributed by atoms with Gasteiger partial charge in [0.25, 0.3) is 0 Å². The predicted molar refractivity (Wildman–Crippen MR) is 93.0 cm³/mol. The second-order valence-corrected chi connectivity index (χ2v) is 8.27. The summed E-state index contributed by atoms with van der Waals surface area (Å²) in [6, 6.07) is 6.64. The number of hydrogen-bond acceptors (Lipinski definition) is 3. The zero-order chi connectivity index (χ0) is 15.7. The Morgan fingerprint density at radius 2 is 2.05 bits per heavy atom. The molecule has 1 saturated heterocycles. The zero-order valence-electron chi connectivity index (χ0n) is 13.8. The third-order valence-corrected chi connectivity index (χ3v) is 4.24. The minimum Gasteiger partial charge on any atom is -0.372 e. The van der Waals surface area contributed by atoms with Gasteiger partial charge in [0.2, 0.25) is 0 Å². The molecule has 21 heavy (non-hydrogen) atoms. The molecule has 1 aromatic rings. The van der Waals surface area contributed by atoms with E-state index in [1.54, 1.807) is 0 Å². The third kappa shape index (κ3) is 4.97. The largest absolute Gasteiger partial charge is 0.372 e. The van der Waals surface area contributed by atoms with E-state index in [1.165, 1.54) is 11.3 Å². The van der Waals surface area contributed by atoms with Crippen LogP contribution in [0.3, 0.4) is 0 Å². The van der Waals surface area contributed by atoms with Crippen molar-refractivity contribution >= 4 is 21.6 Å². The fourth-order valence-electron chi connectivity index (χ4n) is 2.51. The molecule has 1 heterocycles. The van der Waals surface area contributed by atoms with Gasteiger partial charge >= 0.3 is 0 Å². The average Bonchev–Trinajstić information content (AvgIpc) is 2.34. The van der Waals surface area contributed by atoms with Crippen LogP contribution in [0.1, 0.15) is 40.2 Å². The van der Waals surface area contributed by atoms with Crippen LogP contribution in [0.15, 0.2) is 22.7 Å². The first-order valence-electron chi connectivity index (χ1n) is 7.59. The lowest BCUT2D eigenvalue weighted by Gasteiger charge is -2.40. The van der Waals surface area contributed by atoms with E-state index in [2.05, 4.69) is 79.0 Å². The second kappa shape index (κ2) is 6.27. The van der Waals surface area contributed by atoms with Gasteiger partial charge in [-0.15, -0.1) is 0 Å². The highest BCUT2D eigenvalue weighted by Crippen LogP contribution is 2.30. The van der Waals surface area contributed by atoms with Crippen molar-refractivity contribution in [1.29, 1.82) is 0 Å². The van der Waals surface area contributed by atoms with Crippen molar-refractivity contribution < 1.29 is 4.74 Å². The fourth-order valence-corrected chi connectivity index (χ4v) is 3.18. The van der Waals surface area contributed by atoms with Crippen molar-refractivity contribution in [3.8, 4) is 0 Å². The van der Waals surface area contributed by atoms with Crippen LogP contribution in [-0.4, -0.2) is 30.8 Å². The maximum atomic E-state index is 5.79. The summed E-state index contributed by atoms with van der Waals surface area (Å²) in [5, 5.41) is 3.52. The van der Waals surface area contributed by atoms with Crippen molar-refractivity contribution in [2.24, 2.45) is 0 Å². The van der Waals surface area contributed by atoms with Crippen LogP contribution in [0.4, 0.5) is 5.69 Å². The number of rotatable bonds is 3. The lowest BCUT2D eigenvalue weighted by Crippen LogP contribution is -2.48. The lowest BCUT2D eigenvalue weighted by molar-refractivity contribution is -0.0277. The van der Waals surface area contributed by atoms with Crippen molar-refractivity contribution in [3.05, 3.63) is 28.2 Å². The summed E-state index contributed by atoms with van der Waals surface area (Å²) < 4.78 is 6.95. The summed E-state index contributed by atoms with van der Waals surface area (Å²) in [5.74, 6) is 0. The van der Waals surface area contributed by atoms with E-state index in [4.69, 9.17) is 4.74 Å². The Balaban J connectivity index is 2.09. The number of morpholine rings is 1. The summed E-state index contributed by atoms with van der Waals surface area (Å²) in [7, 11) is 0. The van der Waals surface area contributed by atoms with E-state index in [9.17, 15) is 0 Å². The maximum absolute atomic E-state index is 5.79. The molecule has 0 amide bonds. The molecule has 118 valence electrons. The number of ether oxygens (including phenoxy) is 1. The molecular weight excluding hydrogens is 328 g/mol. The Morgan fingerprint density at radius 3 is 2.62 bits per heavy atom. The van der Waals surface area contributed by atoms with E-state index in [0.29, 0.717) is 0 Å². The van der Waals surface area contributed by atoms with Gasteiger partial charge in [-0.25, -0.2) is 0 Å². The van der Waals surface area contributed by atoms with Gasteiger partial charge in [-0.05, 0) is 68.2 Å². The first-order valence-corrected chi connectivity index (χ1v) is 8.38. The molecule has 1 aliphatic rings. The maximum Gasteiger partial charge on any atom is 0.0801 e. The highest BCUT2D eigenvalue weighted by molar-refractivity contribution is 9.10. The van der Waals surface area contributed by atoms with Gasteiger partial charge in [0.15, 0.2) is 0 Å². The molecule has 0 spiro atoms. The van der Waals surface area contributed by atoms with Crippen LogP contribution in [0.2, 0.25) is 0 Å². The summed E-state index contributed by atoms with van der Waals surface area (Å²) >= 11 is 3.73. The van der Waals surface area contributed by atoms with E-state index < -0.39 is 0 Å². The van der Waals surface area contributed by atoms with Gasteiger partial charge < -0.3 is 15.0 Å². The zero-order valence-corrected chi connectivity index (χ0v) is 15.4. The Bertz CT molecular complexity index is 494. The number of nitrogens with zero attached hydrogens (tertiary/aromatic N) is 1. The summed E-state index contributed by atoms with van der Waals surface area (Å²) in [6.07, 6.45) is 0. The van der Waals surface area contributed by atoms with Crippen molar-refractivity contribution in [1.82, 2.24) is 5.32 Å². The molecule has 0 aromatic heterocycles. The lowest BCUT2D eigenvalue weighted by atomic mass is 10.1. The molecule has 2 rings (SSSR count). The van der Waals surface area contributed by atoms with Gasteiger partial charge in [0.05, 0.1) is 17.9 Å². The molecule has 1 aliphatic heterocycles. The van der Waals surface area contributed by atoms with E-state index in [0.717, 1.165) is 30.7 Å². The second-order valence-electron chi connectivity index (χ2n) is 7.42. The quantitative estimate of drug-likeness (QED) is 0.889. The minimum absolute atomic E-state index is 0.0792. The summed E-state index contributed by atoms with van der Waals surface area (Å²) in [6.45, 7) is 14.4. The van der Waals surface area contributed by atoms with Gasteiger partial charge in [-0.1, -0.05) is 6.07 Å². The normalized spacial score (nSPS) is 18.9. The Hall–Kier alpha value is -0.580. The minimum atomic E-state index is -0.0792. The Morgan fingerprint density at radius 1 is 1.33 bits per heavy atom. The van der Waals surface area contributed by atoms with Gasteiger partial charge in [0, 0.05) is 29.6 Å². The molecule has 0 saturated carbocycles. The van der Waals surface area contributed by atoms with E-state index in [-0.39, 0.29) is 11.1 Å². The molecule has 0 bridgehead atoms. The van der Waals surface area contributed by atoms with Crippen molar-refractivity contribution in [2.45, 2.75) is 52.3 Å². The van der Waals surface area contributed by atoms with Crippen LogP contribution in [-0.2, 0) is 11.3 Å². The first kappa shape index (κ1) is 16.8. The summed E-state index contributed by atoms with van der Waals surface area (Å²) in [5.41, 5.74) is 2.61. The topological polar surface area (TPSA) is 24.5 Å². The molecule has 3 nitrogen and oxygen atoms in total. The molecule has 1 N–H and O–H groups in total. The van der Waals surface area contributed by atoms with Crippen molar-refractivity contribution in [2.75, 3.05) is 24.6 Å². The highest BCUT2D eigenvalue weighted by Gasteiger charge is 2.28. The standard InChI is InChI=1S/C17H27BrN2O/c1-16(2,3)19-11-13-6-7-15(14(18)10-13)20-8-9-21-17(4,5)12-20/h6-7,10,19H,8-9,11-12H2,1-5H3. The Kier molecular flexibility index (Phi) is 5.01. The molecule has 0 unspecified atom stereocenters. The third-order valence-electron chi connectivity index (χ3n) is 3.60. The number of nitrogens with one attached hydrogen (secondary N) is 1. The van der Waals surface area contributed by atoms with Crippen molar-refractivity contribution in [3.63, 3.8) is 0 Å². The number of halogens is 1. The van der Waals surface area contributed by atoms with Crippen LogP contribution < -0.4 is 10.2 Å². The fraction of sp³-hybridized carbons (Fsp3) is 0.647. The van der Waals surface area contributed by atoms with E-state index in [1.807, 2.05) is 0 Å². The SMILES string of the molecule is CC(C)(C)NCc1ccc(N2CCOC(C)(C)C2)c(Br)c1. The molecule has 1 aromatic carbocycles. The number of benzene rings is 1. The summed E-state index contributed by atoms with van der Waals surface area (Å²) in [4.78, 5) is 2.40. The number of anilines is 1. The molecule has 0 atom stereocenters. The molecular formula is C17H27BrN2O. The average molecular weight is 355 g/mol. The van der Waals surface area contributed by atoms with Crippen LogP contribution in [0.5, 0.6) is 0 Å². The smallest absolute Gasteiger partial charge is 0.0801 e. The van der Waals surface area contributed by atoms with Gasteiger partial charge in [0.1, 0.15) is 0 Å². The highest BCUT2D eigenvalue weighted by atomic mass is 79.9. The molecule has 0 radical (unpaired) electrons. The molecule has 4 heteroatoms. The predicted octanol–water partition coefficient (Wildman–Crippen LogP) is 3.95. The molecule has 1 fully saturated rings. The van der Waals surface area contributed by atoms with Gasteiger partial charge in [-0.3, -0.25) is 0 Å². The van der Waals surface area contributed by atoms with Gasteiger partial charge in [-0.2, -0.15) is 0 Å². The number of hydrogen-bond donors (Lipinski definition) is 1.